The number of halogens is 3. The van der Waals surface area contributed by atoms with E-state index in [4.69, 9.17) is 19.3 Å². The summed E-state index contributed by atoms with van der Waals surface area (Å²) >= 11 is 0. The van der Waals surface area contributed by atoms with Gasteiger partial charge in [-0.15, -0.1) is 0 Å². The van der Waals surface area contributed by atoms with E-state index in [1.807, 2.05) is 0 Å². The fourth-order valence-corrected chi connectivity index (χ4v) is 5.06. The van der Waals surface area contributed by atoms with Gasteiger partial charge in [-0.25, -0.2) is 0 Å². The summed E-state index contributed by atoms with van der Waals surface area (Å²) < 4.78 is 55.1. The molecule has 0 radical (unpaired) electrons. The lowest BCUT2D eigenvalue weighted by Gasteiger charge is -2.22. The molecule has 9 atom stereocenters. The molecular weight excluding hydrogens is 461 g/mol. The fourth-order valence-electron chi connectivity index (χ4n) is 5.06. The molecule has 4 N–H and O–H groups in total. The predicted molar refractivity (Wildman–Crippen MR) is 110 cm³/mol. The van der Waals surface area contributed by atoms with E-state index in [0.29, 0.717) is 19.3 Å². The van der Waals surface area contributed by atoms with Crippen LogP contribution >= 0.6 is 0 Å². The second-order valence-electron chi connectivity index (χ2n) is 9.32. The molecule has 8 nitrogen and oxygen atoms in total. The van der Waals surface area contributed by atoms with Gasteiger partial charge in [0.05, 0.1) is 36.1 Å². The van der Waals surface area contributed by atoms with E-state index in [1.165, 1.54) is 12.1 Å². The number of hydrogen-bond donors (Lipinski definition) is 4. The number of carbonyl (C=O) groups is 1. The van der Waals surface area contributed by atoms with Crippen LogP contribution in [0.15, 0.2) is 24.3 Å². The van der Waals surface area contributed by atoms with Gasteiger partial charge in [-0.1, -0.05) is 6.07 Å². The van der Waals surface area contributed by atoms with Crippen LogP contribution in [0.4, 0.5) is 13.2 Å². The van der Waals surface area contributed by atoms with Gasteiger partial charge in [0.1, 0.15) is 24.6 Å². The average Bonchev–Trinajstić information content (AvgIpc) is 3.67. The number of rotatable bonds is 11. The Morgan fingerprint density at radius 1 is 1.18 bits per heavy atom. The Morgan fingerprint density at radius 2 is 1.94 bits per heavy atom. The van der Waals surface area contributed by atoms with Gasteiger partial charge >= 0.3 is 12.1 Å². The van der Waals surface area contributed by atoms with Gasteiger partial charge in [0, 0.05) is 12.3 Å². The summed E-state index contributed by atoms with van der Waals surface area (Å²) in [6, 6.07) is 4.36. The maximum Gasteiger partial charge on any atom is 0.416 e. The van der Waals surface area contributed by atoms with Crippen LogP contribution in [-0.4, -0.2) is 75.7 Å². The van der Waals surface area contributed by atoms with Crippen LogP contribution in [0.1, 0.15) is 37.7 Å². The molecule has 0 spiro atoms. The van der Waals surface area contributed by atoms with Crippen molar-refractivity contribution in [3.05, 3.63) is 29.8 Å². The Hall–Kier alpha value is -1.92. The van der Waals surface area contributed by atoms with Crippen molar-refractivity contribution in [1.29, 1.82) is 0 Å². The number of alkyl halides is 3. The largest absolute Gasteiger partial charge is 0.491 e. The van der Waals surface area contributed by atoms with Crippen molar-refractivity contribution in [3.8, 4) is 5.75 Å². The van der Waals surface area contributed by atoms with Crippen molar-refractivity contribution < 1.29 is 52.6 Å². The predicted octanol–water partition coefficient (Wildman–Crippen LogP) is 1.98. The number of carboxylic acids is 1. The van der Waals surface area contributed by atoms with Crippen molar-refractivity contribution in [1.82, 2.24) is 0 Å². The lowest BCUT2D eigenvalue weighted by molar-refractivity contribution is -0.138. The molecule has 1 aromatic carbocycles. The summed E-state index contributed by atoms with van der Waals surface area (Å²) in [5.74, 6) is -1.62. The molecule has 1 aliphatic carbocycles. The first-order chi connectivity index (χ1) is 16.0. The van der Waals surface area contributed by atoms with Gasteiger partial charge in [0.2, 0.25) is 0 Å². The Kier molecular flexibility index (Phi) is 7.39. The molecule has 1 saturated carbocycles. The second-order valence-corrected chi connectivity index (χ2v) is 9.32. The molecule has 3 aliphatic rings. The lowest BCUT2D eigenvalue weighted by Crippen LogP contribution is -2.33. The van der Waals surface area contributed by atoms with Crippen LogP contribution in [0.3, 0.4) is 0 Å². The molecule has 2 aliphatic heterocycles. The maximum atomic E-state index is 12.8. The Bertz CT molecular complexity index is 865. The Balaban J connectivity index is 1.27. The number of carboxylic acid groups (broad SMARTS) is 1. The third kappa shape index (κ3) is 6.01. The van der Waals surface area contributed by atoms with E-state index in [-0.39, 0.29) is 43.3 Å². The van der Waals surface area contributed by atoms with E-state index in [2.05, 4.69) is 0 Å². The highest BCUT2D eigenvalue weighted by atomic mass is 19.4. The van der Waals surface area contributed by atoms with Crippen LogP contribution in [0.5, 0.6) is 5.75 Å². The fraction of sp³-hybridized carbons (Fsp3) is 0.696. The van der Waals surface area contributed by atoms with Gasteiger partial charge in [-0.2, -0.15) is 13.2 Å². The van der Waals surface area contributed by atoms with Gasteiger partial charge < -0.3 is 34.6 Å². The molecule has 11 heteroatoms. The third-order valence-corrected chi connectivity index (χ3v) is 6.89. The van der Waals surface area contributed by atoms with Crippen LogP contribution in [0, 0.1) is 11.8 Å². The Labute approximate surface area is 194 Å². The van der Waals surface area contributed by atoms with Crippen molar-refractivity contribution in [3.63, 3.8) is 0 Å². The van der Waals surface area contributed by atoms with Crippen molar-refractivity contribution in [2.45, 2.75) is 81.0 Å². The monoisotopic (exact) mass is 490 g/mol. The first-order valence-electron chi connectivity index (χ1n) is 11.4. The quantitative estimate of drug-likeness (QED) is 0.346. The molecule has 0 aromatic heterocycles. The molecule has 34 heavy (non-hydrogen) atoms. The van der Waals surface area contributed by atoms with Gasteiger partial charge in [-0.3, -0.25) is 4.79 Å². The first-order valence-corrected chi connectivity index (χ1v) is 11.4. The number of hydrogen-bond acceptors (Lipinski definition) is 7. The highest BCUT2D eigenvalue weighted by Crippen LogP contribution is 2.48. The van der Waals surface area contributed by atoms with Crippen LogP contribution < -0.4 is 4.74 Å². The summed E-state index contributed by atoms with van der Waals surface area (Å²) in [4.78, 5) is 10.6. The highest BCUT2D eigenvalue weighted by Gasteiger charge is 2.59. The second kappa shape index (κ2) is 9.98. The lowest BCUT2D eigenvalue weighted by atomic mass is 9.84. The standard InChI is InChI=1S/C23H29F3O8/c24-23(25,26)11-3-1-4-12(7-11)32-10-16(29)21-22(34-21)20-13(14(27)9-15(20)28)8-18-17(33-18)5-2-6-19(30)31/h1,3-4,7,13-18,20-22,27-29H,2,5-6,8-10H2,(H,30,31)/t13-,14-,15+,16-,17?,18?,20+,21?,22+/m0/s1. The number of aliphatic hydroxyl groups excluding tert-OH is 3. The van der Waals surface area contributed by atoms with Crippen LogP contribution in [-0.2, 0) is 20.4 Å². The summed E-state index contributed by atoms with van der Waals surface area (Å²) in [6.45, 7) is -0.282. The third-order valence-electron chi connectivity index (χ3n) is 6.89. The maximum absolute atomic E-state index is 12.8. The molecule has 4 rings (SSSR count). The van der Waals surface area contributed by atoms with Crippen molar-refractivity contribution >= 4 is 5.97 Å². The number of aliphatic hydroxyl groups is 3. The molecule has 2 saturated heterocycles. The van der Waals surface area contributed by atoms with Gasteiger partial charge in [0.15, 0.2) is 0 Å². The smallest absolute Gasteiger partial charge is 0.416 e. The van der Waals surface area contributed by atoms with Crippen LogP contribution in [0.25, 0.3) is 0 Å². The Morgan fingerprint density at radius 3 is 2.65 bits per heavy atom. The minimum atomic E-state index is -4.50. The zero-order chi connectivity index (χ0) is 24.6. The molecular formula is C23H29F3O8. The van der Waals surface area contributed by atoms with E-state index in [1.54, 1.807) is 0 Å². The zero-order valence-electron chi connectivity index (χ0n) is 18.3. The normalized spacial score (nSPS) is 35.7. The summed E-state index contributed by atoms with van der Waals surface area (Å²) in [5.41, 5.74) is -0.852. The summed E-state index contributed by atoms with van der Waals surface area (Å²) in [7, 11) is 0. The number of ether oxygens (including phenoxy) is 3. The molecule has 3 fully saturated rings. The number of aliphatic carboxylic acids is 1. The highest BCUT2D eigenvalue weighted by molar-refractivity contribution is 5.66. The SMILES string of the molecule is O=C(O)CCCC1OC1C[C@@H]1[C@@H]([C@H]2OC2[C@@H](O)COc2cccc(C(F)(F)F)c2)[C@H](O)C[C@@H]1O. The minimum Gasteiger partial charge on any atom is -0.491 e. The van der Waals surface area contributed by atoms with Gasteiger partial charge in [0.25, 0.3) is 0 Å². The number of benzene rings is 1. The van der Waals surface area contributed by atoms with E-state index in [9.17, 15) is 33.3 Å². The molecule has 0 amide bonds. The zero-order valence-corrected chi connectivity index (χ0v) is 18.3. The molecule has 2 heterocycles. The summed E-state index contributed by atoms with van der Waals surface area (Å²) in [5, 5.41) is 40.1. The average molecular weight is 490 g/mol. The summed E-state index contributed by atoms with van der Waals surface area (Å²) in [6.07, 6.45) is -6.71. The molecule has 1 aromatic rings. The molecule has 190 valence electrons. The van der Waals surface area contributed by atoms with Crippen LogP contribution in [0.2, 0.25) is 0 Å². The molecule has 3 unspecified atom stereocenters. The molecule has 0 bridgehead atoms. The topological polar surface area (TPSA) is 132 Å². The van der Waals surface area contributed by atoms with Crippen molar-refractivity contribution in [2.24, 2.45) is 11.8 Å². The van der Waals surface area contributed by atoms with Gasteiger partial charge in [-0.05, 0) is 49.8 Å². The van der Waals surface area contributed by atoms with E-state index < -0.39 is 54.1 Å². The van der Waals surface area contributed by atoms with Crippen molar-refractivity contribution in [2.75, 3.05) is 6.61 Å². The van der Waals surface area contributed by atoms with E-state index >= 15 is 0 Å². The first kappa shape index (κ1) is 25.2. The number of epoxide rings is 2. The van der Waals surface area contributed by atoms with E-state index in [0.717, 1.165) is 12.1 Å². The minimum absolute atomic E-state index is 0.0277.